The van der Waals surface area contributed by atoms with Crippen LogP contribution < -0.4 is 4.90 Å². The molecule has 0 aromatic carbocycles. The lowest BCUT2D eigenvalue weighted by atomic mass is 10.1. The number of fused-ring (bicyclic) bond motifs is 1. The molecule has 0 spiro atoms. The van der Waals surface area contributed by atoms with E-state index in [1.54, 1.807) is 13.3 Å². The molecular formula is C13H22N4O. The standard InChI is InChI=1S/C13H22N4O/c1-4-17-6-5-12-11(8-17)13(15-9-14-12)16(3)7-10(2)18/h9-10,18H,4-8H2,1-3H3/t10-/m0/s1. The Labute approximate surface area is 108 Å². The summed E-state index contributed by atoms with van der Waals surface area (Å²) in [6.07, 6.45) is 2.27. The van der Waals surface area contributed by atoms with Gasteiger partial charge in [0.1, 0.15) is 12.1 Å². The fraction of sp³-hybridized carbons (Fsp3) is 0.692. The van der Waals surface area contributed by atoms with E-state index in [9.17, 15) is 5.11 Å². The molecule has 0 unspecified atom stereocenters. The van der Waals surface area contributed by atoms with Gasteiger partial charge in [0.05, 0.1) is 11.8 Å². The topological polar surface area (TPSA) is 52.5 Å². The number of anilines is 1. The summed E-state index contributed by atoms with van der Waals surface area (Å²) in [5.41, 5.74) is 2.37. The van der Waals surface area contributed by atoms with E-state index in [1.165, 1.54) is 5.56 Å². The van der Waals surface area contributed by atoms with E-state index in [4.69, 9.17) is 0 Å². The summed E-state index contributed by atoms with van der Waals surface area (Å²) in [7, 11) is 1.97. The molecule has 18 heavy (non-hydrogen) atoms. The lowest BCUT2D eigenvalue weighted by Crippen LogP contribution is -2.34. The van der Waals surface area contributed by atoms with Crippen LogP contribution in [0, 0.1) is 0 Å². The number of aliphatic hydroxyl groups is 1. The van der Waals surface area contributed by atoms with Crippen molar-refractivity contribution in [3.63, 3.8) is 0 Å². The summed E-state index contributed by atoms with van der Waals surface area (Å²) in [6, 6.07) is 0. The third-order valence-electron chi connectivity index (χ3n) is 3.41. The summed E-state index contributed by atoms with van der Waals surface area (Å²) in [5, 5.41) is 9.49. The molecule has 0 saturated carbocycles. The van der Waals surface area contributed by atoms with E-state index in [2.05, 4.69) is 21.8 Å². The Morgan fingerprint density at radius 2 is 2.28 bits per heavy atom. The van der Waals surface area contributed by atoms with Gasteiger partial charge in [0, 0.05) is 38.7 Å². The Kier molecular flexibility index (Phi) is 4.14. The molecule has 1 atom stereocenters. The van der Waals surface area contributed by atoms with Crippen LogP contribution in [0.1, 0.15) is 25.1 Å². The van der Waals surface area contributed by atoms with Crippen LogP contribution in [0.4, 0.5) is 5.82 Å². The van der Waals surface area contributed by atoms with Crippen LogP contribution in [-0.2, 0) is 13.0 Å². The Morgan fingerprint density at radius 1 is 1.50 bits per heavy atom. The molecule has 5 nitrogen and oxygen atoms in total. The van der Waals surface area contributed by atoms with Gasteiger partial charge >= 0.3 is 0 Å². The molecule has 0 aliphatic carbocycles. The van der Waals surface area contributed by atoms with Crippen molar-refractivity contribution in [3.8, 4) is 0 Å². The average molecular weight is 250 g/mol. The summed E-state index contributed by atoms with van der Waals surface area (Å²) in [6.45, 7) is 7.59. The highest BCUT2D eigenvalue weighted by Crippen LogP contribution is 2.24. The average Bonchev–Trinajstić information content (AvgIpc) is 2.36. The quantitative estimate of drug-likeness (QED) is 0.851. The smallest absolute Gasteiger partial charge is 0.136 e. The number of hydrogen-bond acceptors (Lipinski definition) is 5. The molecule has 0 amide bonds. The molecule has 5 heteroatoms. The van der Waals surface area contributed by atoms with Gasteiger partial charge in [0.25, 0.3) is 0 Å². The molecule has 2 rings (SSSR count). The maximum absolute atomic E-state index is 9.49. The first-order valence-corrected chi connectivity index (χ1v) is 6.56. The maximum atomic E-state index is 9.49. The lowest BCUT2D eigenvalue weighted by Gasteiger charge is -2.30. The van der Waals surface area contributed by atoms with Crippen molar-refractivity contribution >= 4 is 5.82 Å². The second-order valence-electron chi connectivity index (χ2n) is 4.97. The highest BCUT2D eigenvalue weighted by atomic mass is 16.3. The third kappa shape index (κ3) is 2.79. The largest absolute Gasteiger partial charge is 0.392 e. The zero-order valence-electron chi connectivity index (χ0n) is 11.4. The molecule has 1 aliphatic rings. The molecule has 0 bridgehead atoms. The fourth-order valence-electron chi connectivity index (χ4n) is 2.46. The minimum atomic E-state index is -0.355. The van der Waals surface area contributed by atoms with E-state index in [0.717, 1.165) is 37.6 Å². The van der Waals surface area contributed by atoms with Crippen molar-refractivity contribution in [3.05, 3.63) is 17.6 Å². The van der Waals surface area contributed by atoms with E-state index >= 15 is 0 Å². The van der Waals surface area contributed by atoms with Gasteiger partial charge in [0.2, 0.25) is 0 Å². The van der Waals surface area contributed by atoms with E-state index in [-0.39, 0.29) is 6.10 Å². The molecule has 0 fully saturated rings. The van der Waals surface area contributed by atoms with Crippen LogP contribution in [0.2, 0.25) is 0 Å². The minimum Gasteiger partial charge on any atom is -0.392 e. The van der Waals surface area contributed by atoms with Crippen LogP contribution in [0.25, 0.3) is 0 Å². The molecule has 2 heterocycles. The molecule has 1 aromatic heterocycles. The number of rotatable bonds is 4. The van der Waals surface area contributed by atoms with Gasteiger partial charge in [0.15, 0.2) is 0 Å². The number of aliphatic hydroxyl groups excluding tert-OH is 1. The summed E-state index contributed by atoms with van der Waals surface area (Å²) < 4.78 is 0. The monoisotopic (exact) mass is 250 g/mol. The van der Waals surface area contributed by atoms with Gasteiger partial charge in [-0.05, 0) is 13.5 Å². The Bertz CT molecular complexity index is 408. The molecule has 1 aromatic rings. The fourth-order valence-corrected chi connectivity index (χ4v) is 2.46. The van der Waals surface area contributed by atoms with Gasteiger partial charge in [-0.15, -0.1) is 0 Å². The van der Waals surface area contributed by atoms with Crippen LogP contribution >= 0.6 is 0 Å². The molecule has 0 saturated heterocycles. The Morgan fingerprint density at radius 3 is 2.94 bits per heavy atom. The molecule has 1 aliphatic heterocycles. The Balaban J connectivity index is 2.26. The molecular weight excluding hydrogens is 228 g/mol. The zero-order chi connectivity index (χ0) is 13.1. The van der Waals surface area contributed by atoms with Crippen molar-refractivity contribution in [2.75, 3.05) is 31.6 Å². The van der Waals surface area contributed by atoms with E-state index < -0.39 is 0 Å². The SMILES string of the molecule is CCN1CCc2ncnc(N(C)C[C@H](C)O)c2C1. The van der Waals surface area contributed by atoms with Crippen LogP contribution in [-0.4, -0.2) is 52.8 Å². The van der Waals surface area contributed by atoms with Crippen LogP contribution in [0.15, 0.2) is 6.33 Å². The second kappa shape index (κ2) is 5.63. The molecule has 1 N–H and O–H groups in total. The first kappa shape index (κ1) is 13.2. The normalized spacial score (nSPS) is 17.3. The second-order valence-corrected chi connectivity index (χ2v) is 4.97. The summed E-state index contributed by atoms with van der Waals surface area (Å²) in [4.78, 5) is 13.2. The summed E-state index contributed by atoms with van der Waals surface area (Å²) in [5.74, 6) is 0.957. The van der Waals surface area contributed by atoms with Crippen LogP contribution in [0.3, 0.4) is 0 Å². The zero-order valence-corrected chi connectivity index (χ0v) is 11.4. The third-order valence-corrected chi connectivity index (χ3v) is 3.41. The van der Waals surface area contributed by atoms with Gasteiger partial charge in [-0.1, -0.05) is 6.92 Å². The van der Waals surface area contributed by atoms with E-state index in [1.807, 2.05) is 11.9 Å². The number of hydrogen-bond donors (Lipinski definition) is 1. The predicted octanol–water partition coefficient (Wildman–Crippen LogP) is 0.672. The van der Waals surface area contributed by atoms with E-state index in [0.29, 0.717) is 6.54 Å². The molecule has 0 radical (unpaired) electrons. The highest BCUT2D eigenvalue weighted by molar-refractivity contribution is 5.48. The van der Waals surface area contributed by atoms with Gasteiger partial charge in [-0.2, -0.15) is 0 Å². The van der Waals surface area contributed by atoms with Crippen molar-refractivity contribution in [2.24, 2.45) is 0 Å². The summed E-state index contributed by atoms with van der Waals surface area (Å²) >= 11 is 0. The maximum Gasteiger partial charge on any atom is 0.136 e. The highest BCUT2D eigenvalue weighted by Gasteiger charge is 2.21. The first-order valence-electron chi connectivity index (χ1n) is 6.56. The van der Waals surface area contributed by atoms with Crippen LogP contribution in [0.5, 0.6) is 0 Å². The lowest BCUT2D eigenvalue weighted by molar-refractivity contribution is 0.201. The first-order chi connectivity index (χ1) is 8.61. The van der Waals surface area contributed by atoms with Gasteiger partial charge < -0.3 is 10.0 Å². The predicted molar refractivity (Wildman–Crippen MR) is 71.6 cm³/mol. The van der Waals surface area contributed by atoms with Crippen molar-refractivity contribution in [1.82, 2.24) is 14.9 Å². The minimum absolute atomic E-state index is 0.355. The molecule has 100 valence electrons. The number of aromatic nitrogens is 2. The number of nitrogens with zero attached hydrogens (tertiary/aromatic N) is 4. The number of likely N-dealkylation sites (N-methyl/N-ethyl adjacent to an activating group) is 2. The van der Waals surface area contributed by atoms with Gasteiger partial charge in [-0.25, -0.2) is 9.97 Å². The Hall–Kier alpha value is -1.20. The van der Waals surface area contributed by atoms with Crippen molar-refractivity contribution < 1.29 is 5.11 Å². The van der Waals surface area contributed by atoms with Gasteiger partial charge in [-0.3, -0.25) is 4.90 Å². The van der Waals surface area contributed by atoms with Crippen molar-refractivity contribution in [2.45, 2.75) is 32.9 Å². The van der Waals surface area contributed by atoms with Crippen molar-refractivity contribution in [1.29, 1.82) is 0 Å².